The zero-order chi connectivity index (χ0) is 22.6. The number of imidazole rings is 1. The van der Waals surface area contributed by atoms with Crippen molar-refractivity contribution in [2.24, 2.45) is 5.92 Å². The molecule has 0 aliphatic carbocycles. The van der Waals surface area contributed by atoms with Crippen LogP contribution in [-0.2, 0) is 16.0 Å². The number of carbonyl (C=O) groups excluding carboxylic acids is 1. The molecule has 0 fully saturated rings. The van der Waals surface area contributed by atoms with Gasteiger partial charge in [0.1, 0.15) is 11.2 Å². The first kappa shape index (κ1) is 23.0. The number of pyridine rings is 1. The number of hydrogen-bond donors (Lipinski definition) is 2. The molecule has 2 aromatic heterocycles. The second-order valence-corrected chi connectivity index (χ2v) is 9.07. The van der Waals surface area contributed by atoms with Gasteiger partial charge in [0, 0.05) is 36.5 Å². The van der Waals surface area contributed by atoms with E-state index in [1.807, 2.05) is 74.0 Å². The fourth-order valence-corrected chi connectivity index (χ4v) is 3.72. The zero-order valence-electron chi connectivity index (χ0n) is 18.7. The van der Waals surface area contributed by atoms with E-state index in [9.17, 15) is 15.0 Å². The molecule has 0 spiro atoms. The Hall–Kier alpha value is -2.70. The summed E-state index contributed by atoms with van der Waals surface area (Å²) in [5.74, 6) is -0.212. The number of ether oxygens (including phenoxy) is 1. The maximum absolute atomic E-state index is 12.2. The fourth-order valence-electron chi connectivity index (χ4n) is 3.72. The van der Waals surface area contributed by atoms with Crippen molar-refractivity contribution in [3.63, 3.8) is 0 Å². The molecule has 2 heterocycles. The number of aliphatic hydroxyl groups is 2. The monoisotopic (exact) mass is 424 g/mol. The summed E-state index contributed by atoms with van der Waals surface area (Å²) in [6.07, 6.45) is 4.81. The molecule has 1 aromatic carbocycles. The van der Waals surface area contributed by atoms with E-state index in [0.29, 0.717) is 12.8 Å². The summed E-state index contributed by atoms with van der Waals surface area (Å²) in [4.78, 5) is 16.9. The maximum Gasteiger partial charge on any atom is 0.306 e. The number of nitrogens with zero attached hydrogens (tertiary/aromatic N) is 2. The van der Waals surface area contributed by atoms with Crippen molar-refractivity contribution >= 4 is 11.6 Å². The number of esters is 1. The summed E-state index contributed by atoms with van der Waals surface area (Å²) < 4.78 is 7.36. The summed E-state index contributed by atoms with van der Waals surface area (Å²) in [5, 5.41) is 19.4. The van der Waals surface area contributed by atoms with Crippen molar-refractivity contribution in [1.29, 1.82) is 0 Å². The average Bonchev–Trinajstić information content (AvgIpc) is 3.11. The Bertz CT molecular complexity index is 1020. The first-order valence-electron chi connectivity index (χ1n) is 10.7. The minimum atomic E-state index is -0.588. The minimum absolute atomic E-state index is 0.0227. The Balaban J connectivity index is 1.74. The molecule has 2 N–H and O–H groups in total. The van der Waals surface area contributed by atoms with Gasteiger partial charge in [0.25, 0.3) is 0 Å². The van der Waals surface area contributed by atoms with E-state index in [0.717, 1.165) is 28.0 Å². The predicted molar refractivity (Wildman–Crippen MR) is 121 cm³/mol. The van der Waals surface area contributed by atoms with Crippen LogP contribution in [0.4, 0.5) is 0 Å². The van der Waals surface area contributed by atoms with Gasteiger partial charge in [-0.25, -0.2) is 4.98 Å². The summed E-state index contributed by atoms with van der Waals surface area (Å²) in [5.41, 5.74) is 3.94. The van der Waals surface area contributed by atoms with Crippen molar-refractivity contribution in [1.82, 2.24) is 9.38 Å². The summed E-state index contributed by atoms with van der Waals surface area (Å²) in [7, 11) is 0. The highest BCUT2D eigenvalue weighted by atomic mass is 16.6. The molecule has 0 aliphatic rings. The number of aromatic nitrogens is 2. The lowest BCUT2D eigenvalue weighted by Crippen LogP contribution is -2.26. The highest BCUT2D eigenvalue weighted by molar-refractivity contribution is 5.70. The van der Waals surface area contributed by atoms with Gasteiger partial charge in [-0.2, -0.15) is 0 Å². The maximum atomic E-state index is 12.2. The molecule has 31 heavy (non-hydrogen) atoms. The summed E-state index contributed by atoms with van der Waals surface area (Å²) in [6, 6.07) is 11.9. The van der Waals surface area contributed by atoms with E-state index in [1.54, 1.807) is 6.92 Å². The van der Waals surface area contributed by atoms with Crippen molar-refractivity contribution in [3.8, 4) is 11.3 Å². The van der Waals surface area contributed by atoms with E-state index >= 15 is 0 Å². The minimum Gasteiger partial charge on any atom is -0.460 e. The molecule has 3 rings (SSSR count). The van der Waals surface area contributed by atoms with Crippen LogP contribution < -0.4 is 0 Å². The number of fused-ring (bicyclic) bond motifs is 1. The first-order chi connectivity index (χ1) is 14.7. The smallest absolute Gasteiger partial charge is 0.306 e. The third-order valence-electron chi connectivity index (χ3n) is 5.15. The lowest BCUT2D eigenvalue weighted by atomic mass is 9.93. The SMILES string of the molecule is CC(O)c1cccn2cc(-c3ccc(C[C@@H](CCO)CC(=O)OC(C)(C)C)cc3)nc12. The largest absolute Gasteiger partial charge is 0.460 e. The van der Waals surface area contributed by atoms with Gasteiger partial charge in [-0.05, 0) is 58.1 Å². The molecule has 0 amide bonds. The quantitative estimate of drug-likeness (QED) is 0.526. The van der Waals surface area contributed by atoms with Gasteiger partial charge in [-0.15, -0.1) is 0 Å². The normalized spacial score (nSPS) is 13.9. The first-order valence-corrected chi connectivity index (χ1v) is 10.7. The van der Waals surface area contributed by atoms with Crippen LogP contribution in [0.25, 0.3) is 16.9 Å². The summed E-state index contributed by atoms with van der Waals surface area (Å²) in [6.45, 7) is 7.34. The lowest BCUT2D eigenvalue weighted by molar-refractivity contribution is -0.156. The van der Waals surface area contributed by atoms with E-state index in [4.69, 9.17) is 9.72 Å². The number of hydrogen-bond acceptors (Lipinski definition) is 5. The Morgan fingerprint density at radius 2 is 1.90 bits per heavy atom. The van der Waals surface area contributed by atoms with Gasteiger partial charge >= 0.3 is 5.97 Å². The highest BCUT2D eigenvalue weighted by Crippen LogP contribution is 2.25. The molecule has 0 bridgehead atoms. The van der Waals surface area contributed by atoms with Crippen LogP contribution >= 0.6 is 0 Å². The molecule has 0 radical (unpaired) electrons. The van der Waals surface area contributed by atoms with E-state index in [-0.39, 0.29) is 24.9 Å². The molecular formula is C25H32N2O4. The number of carbonyl (C=O) groups is 1. The van der Waals surface area contributed by atoms with Gasteiger partial charge in [0.2, 0.25) is 0 Å². The molecule has 166 valence electrons. The summed E-state index contributed by atoms with van der Waals surface area (Å²) >= 11 is 0. The van der Waals surface area contributed by atoms with Crippen molar-refractivity contribution in [2.45, 2.75) is 58.7 Å². The van der Waals surface area contributed by atoms with Crippen LogP contribution in [0.2, 0.25) is 0 Å². The van der Waals surface area contributed by atoms with Gasteiger partial charge < -0.3 is 19.4 Å². The van der Waals surface area contributed by atoms with E-state index in [2.05, 4.69) is 0 Å². The predicted octanol–water partition coefficient (Wildman–Crippen LogP) is 4.33. The third kappa shape index (κ3) is 6.15. The van der Waals surface area contributed by atoms with Crippen molar-refractivity contribution in [3.05, 3.63) is 59.9 Å². The topological polar surface area (TPSA) is 84.1 Å². The van der Waals surface area contributed by atoms with E-state index in [1.165, 1.54) is 0 Å². The molecular weight excluding hydrogens is 392 g/mol. The van der Waals surface area contributed by atoms with Crippen molar-refractivity contribution < 1.29 is 19.7 Å². The Morgan fingerprint density at radius 1 is 1.19 bits per heavy atom. The molecule has 3 aromatic rings. The molecule has 0 aliphatic heterocycles. The number of aliphatic hydroxyl groups excluding tert-OH is 2. The van der Waals surface area contributed by atoms with Crippen LogP contribution in [0.1, 0.15) is 57.8 Å². The highest BCUT2D eigenvalue weighted by Gasteiger charge is 2.21. The lowest BCUT2D eigenvalue weighted by Gasteiger charge is -2.22. The van der Waals surface area contributed by atoms with Gasteiger partial charge in [-0.1, -0.05) is 30.3 Å². The van der Waals surface area contributed by atoms with Gasteiger partial charge in [0.05, 0.1) is 11.8 Å². The number of rotatable bonds is 8. The Morgan fingerprint density at radius 3 is 2.52 bits per heavy atom. The van der Waals surface area contributed by atoms with Crippen LogP contribution in [0.15, 0.2) is 48.8 Å². The molecule has 1 unspecified atom stereocenters. The second kappa shape index (κ2) is 9.62. The Kier molecular flexibility index (Phi) is 7.13. The van der Waals surface area contributed by atoms with Crippen LogP contribution in [-0.4, -0.2) is 37.8 Å². The standard InChI is InChI=1S/C25H32N2O4/c1-17(29)21-6-5-12-27-16-22(26-24(21)27)20-9-7-18(8-10-20)14-19(11-13-28)15-23(30)31-25(2,3)4/h5-10,12,16-17,19,28-29H,11,13-15H2,1-4H3/t17?,19-/m1/s1. The Labute approximate surface area is 183 Å². The molecule has 6 heteroatoms. The zero-order valence-corrected chi connectivity index (χ0v) is 18.7. The third-order valence-corrected chi connectivity index (χ3v) is 5.15. The van der Waals surface area contributed by atoms with Gasteiger partial charge in [0.15, 0.2) is 0 Å². The fraction of sp³-hybridized carbons (Fsp3) is 0.440. The molecule has 0 saturated carbocycles. The molecule has 0 saturated heterocycles. The average molecular weight is 425 g/mol. The number of benzene rings is 1. The second-order valence-electron chi connectivity index (χ2n) is 9.07. The van der Waals surface area contributed by atoms with Crippen LogP contribution in [0.3, 0.4) is 0 Å². The van der Waals surface area contributed by atoms with Crippen LogP contribution in [0, 0.1) is 5.92 Å². The molecule has 2 atom stereocenters. The van der Waals surface area contributed by atoms with E-state index < -0.39 is 11.7 Å². The van der Waals surface area contributed by atoms with Crippen LogP contribution in [0.5, 0.6) is 0 Å². The molecule has 6 nitrogen and oxygen atoms in total. The van der Waals surface area contributed by atoms with Crippen molar-refractivity contribution in [2.75, 3.05) is 6.61 Å². The van der Waals surface area contributed by atoms with Gasteiger partial charge in [-0.3, -0.25) is 4.79 Å².